The minimum atomic E-state index is 0.00855. The average molecular weight is 468 g/mol. The second kappa shape index (κ2) is 10.6. The summed E-state index contributed by atoms with van der Waals surface area (Å²) in [6.07, 6.45) is 10.6. The number of hydrogen-bond donors (Lipinski definition) is 1. The monoisotopic (exact) mass is 467 g/mol. The zero-order valence-corrected chi connectivity index (χ0v) is 21.0. The van der Waals surface area contributed by atoms with Crippen LogP contribution in [0, 0.1) is 17.8 Å². The summed E-state index contributed by atoms with van der Waals surface area (Å²) in [6, 6.07) is 0. The van der Waals surface area contributed by atoms with E-state index in [0.29, 0.717) is 6.54 Å². The maximum absolute atomic E-state index is 13.0. The van der Waals surface area contributed by atoms with Gasteiger partial charge in [0.15, 0.2) is 17.0 Å². The van der Waals surface area contributed by atoms with Gasteiger partial charge in [0.1, 0.15) is 12.2 Å². The van der Waals surface area contributed by atoms with Crippen molar-refractivity contribution in [1.29, 1.82) is 0 Å². The molecule has 1 N–H and O–H groups in total. The quantitative estimate of drug-likeness (QED) is 0.657. The predicted octanol–water partition coefficient (Wildman–Crippen LogP) is 3.25. The van der Waals surface area contributed by atoms with Gasteiger partial charge in [-0.15, -0.1) is 0 Å². The van der Waals surface area contributed by atoms with E-state index < -0.39 is 0 Å². The highest BCUT2D eigenvalue weighted by molar-refractivity contribution is 5.85. The molecule has 8 heteroatoms. The van der Waals surface area contributed by atoms with E-state index in [2.05, 4.69) is 43.5 Å². The summed E-state index contributed by atoms with van der Waals surface area (Å²) in [5.74, 6) is 3.80. The number of rotatable bonds is 6. The molecular formula is C26H41N7O. The Bertz CT molecular complexity index is 979. The van der Waals surface area contributed by atoms with Crippen LogP contribution in [0.3, 0.4) is 0 Å². The number of aromatic nitrogens is 4. The number of hydrogen-bond acceptors (Lipinski definition) is 6. The van der Waals surface area contributed by atoms with Crippen molar-refractivity contribution in [2.75, 3.05) is 44.2 Å². The zero-order valence-electron chi connectivity index (χ0n) is 21.0. The smallest absolute Gasteiger partial charge is 0.224 e. The molecule has 2 aromatic heterocycles. The maximum atomic E-state index is 13.0. The van der Waals surface area contributed by atoms with Gasteiger partial charge < -0.3 is 19.7 Å². The third-order valence-corrected chi connectivity index (χ3v) is 7.86. The van der Waals surface area contributed by atoms with E-state index in [-0.39, 0.29) is 11.8 Å². The molecule has 34 heavy (non-hydrogen) atoms. The summed E-state index contributed by atoms with van der Waals surface area (Å²) in [5, 5.41) is 3.23. The van der Waals surface area contributed by atoms with Crippen molar-refractivity contribution >= 4 is 22.9 Å². The fourth-order valence-electron chi connectivity index (χ4n) is 6.37. The van der Waals surface area contributed by atoms with Crippen LogP contribution in [0.15, 0.2) is 6.33 Å². The van der Waals surface area contributed by atoms with Gasteiger partial charge in [-0.3, -0.25) is 4.79 Å². The van der Waals surface area contributed by atoms with E-state index in [1.165, 1.54) is 38.8 Å². The Morgan fingerprint density at radius 2 is 1.91 bits per heavy atom. The molecule has 5 rings (SSSR count). The normalized spacial score (nSPS) is 26.3. The van der Waals surface area contributed by atoms with Crippen molar-refractivity contribution < 1.29 is 4.79 Å². The zero-order chi connectivity index (χ0) is 23.5. The topological polar surface area (TPSA) is 79.2 Å². The van der Waals surface area contributed by atoms with Crippen LogP contribution in [-0.4, -0.2) is 69.6 Å². The highest BCUT2D eigenvalue weighted by Gasteiger charge is 2.29. The molecule has 3 atom stereocenters. The Hall–Kier alpha value is -2.22. The summed E-state index contributed by atoms with van der Waals surface area (Å²) >= 11 is 0. The lowest BCUT2D eigenvalue weighted by Crippen LogP contribution is -2.44. The number of aryl methyl sites for hydroxylation is 2. The standard InChI is InChI=1S/C26H41N7O/c1-19-14-20(2)16-31(15-19)11-7-10-27-26(34)21-8-6-12-32(17-21)24-23-25(29-18-28-24)33-13-5-3-4-9-22(33)30-23/h18-21H,3-17H2,1-2H3,(H,27,34)/t19-,20+,21-/m0/s1. The third-order valence-electron chi connectivity index (χ3n) is 7.86. The lowest BCUT2D eigenvalue weighted by molar-refractivity contribution is -0.125. The van der Waals surface area contributed by atoms with E-state index in [0.717, 1.165) is 86.5 Å². The Balaban J connectivity index is 1.17. The number of carbonyl (C=O) groups is 1. The van der Waals surface area contributed by atoms with Crippen LogP contribution >= 0.6 is 0 Å². The molecule has 0 radical (unpaired) electrons. The average Bonchev–Trinajstić information content (AvgIpc) is 3.02. The summed E-state index contributed by atoms with van der Waals surface area (Å²) in [5.41, 5.74) is 1.86. The molecule has 2 aromatic rings. The van der Waals surface area contributed by atoms with Gasteiger partial charge in [0, 0.05) is 45.7 Å². The molecule has 2 saturated heterocycles. The second-order valence-electron chi connectivity index (χ2n) is 11.0. The van der Waals surface area contributed by atoms with Crippen LogP contribution in [0.1, 0.15) is 64.6 Å². The molecule has 0 aliphatic carbocycles. The van der Waals surface area contributed by atoms with Gasteiger partial charge in [-0.05, 0) is 56.9 Å². The Morgan fingerprint density at radius 3 is 2.76 bits per heavy atom. The molecule has 0 spiro atoms. The lowest BCUT2D eigenvalue weighted by atomic mass is 9.92. The number of likely N-dealkylation sites (tertiary alicyclic amines) is 1. The molecule has 0 aromatic carbocycles. The predicted molar refractivity (Wildman–Crippen MR) is 135 cm³/mol. The molecule has 1 amide bonds. The van der Waals surface area contributed by atoms with Crippen LogP contribution in [0.4, 0.5) is 5.82 Å². The minimum Gasteiger partial charge on any atom is -0.356 e. The lowest BCUT2D eigenvalue weighted by Gasteiger charge is -2.35. The van der Waals surface area contributed by atoms with Crippen LogP contribution in [0.5, 0.6) is 0 Å². The van der Waals surface area contributed by atoms with Gasteiger partial charge in [-0.25, -0.2) is 15.0 Å². The highest BCUT2D eigenvalue weighted by Crippen LogP contribution is 2.29. The summed E-state index contributed by atoms with van der Waals surface area (Å²) < 4.78 is 2.28. The van der Waals surface area contributed by atoms with E-state index in [1.807, 2.05) is 0 Å². The molecule has 0 bridgehead atoms. The van der Waals surface area contributed by atoms with Gasteiger partial charge in [-0.2, -0.15) is 0 Å². The van der Waals surface area contributed by atoms with E-state index >= 15 is 0 Å². The van der Waals surface area contributed by atoms with Gasteiger partial charge in [0.2, 0.25) is 5.91 Å². The van der Waals surface area contributed by atoms with Crippen LogP contribution < -0.4 is 10.2 Å². The number of fused-ring (bicyclic) bond motifs is 3. The molecule has 0 unspecified atom stereocenters. The van der Waals surface area contributed by atoms with Gasteiger partial charge in [0.25, 0.3) is 0 Å². The van der Waals surface area contributed by atoms with Gasteiger partial charge >= 0.3 is 0 Å². The van der Waals surface area contributed by atoms with Crippen molar-refractivity contribution in [3.8, 4) is 0 Å². The maximum Gasteiger partial charge on any atom is 0.224 e. The second-order valence-corrected chi connectivity index (χ2v) is 11.0. The number of nitrogens with zero attached hydrogens (tertiary/aromatic N) is 6. The molecule has 8 nitrogen and oxygen atoms in total. The van der Waals surface area contributed by atoms with Gasteiger partial charge in [-0.1, -0.05) is 20.3 Å². The van der Waals surface area contributed by atoms with Gasteiger partial charge in [0.05, 0.1) is 5.92 Å². The number of imidazole rings is 1. The number of anilines is 1. The molecule has 5 heterocycles. The fraction of sp³-hybridized carbons (Fsp3) is 0.769. The molecule has 0 saturated carbocycles. The van der Waals surface area contributed by atoms with Crippen molar-refractivity contribution in [2.45, 2.75) is 71.8 Å². The SMILES string of the molecule is C[C@@H]1C[C@H](C)CN(CCCNC(=O)[C@H]2CCCN(c3ncnc4c3nc3n4CCCCC3)C2)C1. The molecule has 3 aliphatic heterocycles. The van der Waals surface area contributed by atoms with Crippen molar-refractivity contribution in [3.63, 3.8) is 0 Å². The van der Waals surface area contributed by atoms with Crippen molar-refractivity contribution in [1.82, 2.24) is 29.7 Å². The highest BCUT2D eigenvalue weighted by atomic mass is 16.1. The number of amides is 1. The molecule has 186 valence electrons. The van der Waals surface area contributed by atoms with Crippen LogP contribution in [0.25, 0.3) is 11.2 Å². The first-order valence-corrected chi connectivity index (χ1v) is 13.5. The van der Waals surface area contributed by atoms with Crippen LogP contribution in [-0.2, 0) is 17.8 Å². The molecular weight excluding hydrogens is 426 g/mol. The fourth-order valence-corrected chi connectivity index (χ4v) is 6.37. The Morgan fingerprint density at radius 1 is 1.06 bits per heavy atom. The van der Waals surface area contributed by atoms with E-state index in [4.69, 9.17) is 4.98 Å². The largest absolute Gasteiger partial charge is 0.356 e. The molecule has 3 aliphatic rings. The first-order valence-electron chi connectivity index (χ1n) is 13.5. The third kappa shape index (κ3) is 5.21. The van der Waals surface area contributed by atoms with Crippen LogP contribution in [0.2, 0.25) is 0 Å². The molecule has 2 fully saturated rings. The minimum absolute atomic E-state index is 0.00855. The van der Waals surface area contributed by atoms with E-state index in [1.54, 1.807) is 6.33 Å². The Kier molecular flexibility index (Phi) is 7.32. The summed E-state index contributed by atoms with van der Waals surface area (Å²) in [7, 11) is 0. The number of nitrogens with one attached hydrogen (secondary N) is 1. The first-order chi connectivity index (χ1) is 16.6. The van der Waals surface area contributed by atoms with Crippen molar-refractivity contribution in [2.24, 2.45) is 17.8 Å². The number of piperidine rings is 2. The summed E-state index contributed by atoms with van der Waals surface area (Å²) in [4.78, 5) is 32.0. The van der Waals surface area contributed by atoms with Crippen molar-refractivity contribution in [3.05, 3.63) is 12.2 Å². The first kappa shape index (κ1) is 23.5. The summed E-state index contributed by atoms with van der Waals surface area (Å²) in [6.45, 7) is 11.6. The number of carbonyl (C=O) groups excluding carboxylic acids is 1. The van der Waals surface area contributed by atoms with E-state index in [9.17, 15) is 4.79 Å². The Labute approximate surface area is 203 Å².